The molecule has 1 aliphatic rings. The van der Waals surface area contributed by atoms with Crippen LogP contribution in [0.4, 0.5) is 5.69 Å². The van der Waals surface area contributed by atoms with Crippen LogP contribution >= 0.6 is 0 Å². The third-order valence-electron chi connectivity index (χ3n) is 4.65. The molecule has 24 heavy (non-hydrogen) atoms. The summed E-state index contributed by atoms with van der Waals surface area (Å²) in [5.41, 5.74) is 1.56. The molecule has 1 saturated heterocycles. The van der Waals surface area contributed by atoms with Gasteiger partial charge in [0.1, 0.15) is 5.82 Å². The number of nitrogens with one attached hydrogen (secondary N) is 2. The summed E-state index contributed by atoms with van der Waals surface area (Å²) in [6.45, 7) is 3.64. The van der Waals surface area contributed by atoms with Gasteiger partial charge in [-0.3, -0.25) is 9.69 Å². The fraction of sp³-hybridized carbons (Fsp3) is 0.444. The molecule has 1 aromatic heterocycles. The van der Waals surface area contributed by atoms with Crippen molar-refractivity contribution in [1.29, 1.82) is 0 Å². The van der Waals surface area contributed by atoms with Crippen LogP contribution in [0.25, 0.3) is 0 Å². The maximum Gasteiger partial charge on any atom is 0.253 e. The Morgan fingerprint density at radius 3 is 2.96 bits per heavy atom. The summed E-state index contributed by atoms with van der Waals surface area (Å²) < 4.78 is 2.06. The molecule has 2 heterocycles. The summed E-state index contributed by atoms with van der Waals surface area (Å²) in [5, 5.41) is 6.14. The van der Waals surface area contributed by atoms with E-state index in [1.807, 2.05) is 50.8 Å². The van der Waals surface area contributed by atoms with Crippen LogP contribution in [0.2, 0.25) is 0 Å². The van der Waals surface area contributed by atoms with Gasteiger partial charge in [-0.2, -0.15) is 0 Å². The van der Waals surface area contributed by atoms with Crippen LogP contribution in [0, 0.1) is 5.92 Å². The van der Waals surface area contributed by atoms with E-state index in [0.717, 1.165) is 37.6 Å². The molecule has 6 nitrogen and oxygen atoms in total. The van der Waals surface area contributed by atoms with Crippen LogP contribution in [0.3, 0.4) is 0 Å². The first-order valence-corrected chi connectivity index (χ1v) is 8.41. The smallest absolute Gasteiger partial charge is 0.253 e. The molecule has 0 saturated carbocycles. The van der Waals surface area contributed by atoms with Crippen LogP contribution in [-0.4, -0.2) is 47.0 Å². The van der Waals surface area contributed by atoms with Crippen LogP contribution < -0.4 is 10.6 Å². The lowest BCUT2D eigenvalue weighted by molar-refractivity contribution is 0.0948. The highest BCUT2D eigenvalue weighted by Crippen LogP contribution is 2.18. The minimum absolute atomic E-state index is 0.0116. The van der Waals surface area contributed by atoms with E-state index in [1.54, 1.807) is 0 Å². The highest BCUT2D eigenvalue weighted by Gasteiger charge is 2.24. The van der Waals surface area contributed by atoms with Gasteiger partial charge in [-0.05, 0) is 31.0 Å². The Morgan fingerprint density at radius 1 is 1.38 bits per heavy atom. The molecule has 3 rings (SSSR count). The molecule has 1 atom stereocenters. The predicted octanol–water partition coefficient (Wildman–Crippen LogP) is 1.71. The zero-order valence-corrected chi connectivity index (χ0v) is 14.3. The van der Waals surface area contributed by atoms with E-state index in [2.05, 4.69) is 25.1 Å². The van der Waals surface area contributed by atoms with Crippen molar-refractivity contribution >= 4 is 11.6 Å². The van der Waals surface area contributed by atoms with Gasteiger partial charge < -0.3 is 15.2 Å². The molecule has 1 fully saturated rings. The molecule has 2 aromatic rings. The van der Waals surface area contributed by atoms with Gasteiger partial charge in [-0.15, -0.1) is 0 Å². The molecule has 0 aliphatic carbocycles. The maximum atomic E-state index is 12.4. The van der Waals surface area contributed by atoms with E-state index in [9.17, 15) is 4.79 Å². The first-order chi connectivity index (χ1) is 11.7. The van der Waals surface area contributed by atoms with Crippen LogP contribution in [0.1, 0.15) is 22.6 Å². The Hall–Kier alpha value is -2.34. The minimum atomic E-state index is -0.0116. The number of rotatable bonds is 6. The molecule has 128 valence electrons. The molecule has 1 unspecified atom stereocenters. The Kier molecular flexibility index (Phi) is 5.15. The lowest BCUT2D eigenvalue weighted by Gasteiger charge is -2.16. The number of aromatic nitrogens is 2. The summed E-state index contributed by atoms with van der Waals surface area (Å²) >= 11 is 0. The molecule has 6 heteroatoms. The Morgan fingerprint density at radius 2 is 2.21 bits per heavy atom. The average molecular weight is 327 g/mol. The summed E-state index contributed by atoms with van der Waals surface area (Å²) in [5.74, 6) is 1.57. The standard InChI is InChI=1S/C18H25N5O/c1-19-16-6-4-3-5-15(16)18(24)21-11-14-7-9-23(12-14)13-17-20-8-10-22(17)2/h3-6,8,10,14,19H,7,9,11-13H2,1-2H3,(H,21,24). The zero-order chi connectivity index (χ0) is 16.9. The third kappa shape index (κ3) is 3.76. The van der Waals surface area contributed by atoms with Gasteiger partial charge >= 0.3 is 0 Å². The molecule has 0 spiro atoms. The number of imidazole rings is 1. The second-order valence-corrected chi connectivity index (χ2v) is 6.35. The van der Waals surface area contributed by atoms with Gasteiger partial charge in [0.15, 0.2) is 0 Å². The SMILES string of the molecule is CNc1ccccc1C(=O)NCC1CCN(Cc2nccn2C)C1. The van der Waals surface area contributed by atoms with E-state index in [4.69, 9.17) is 0 Å². The van der Waals surface area contributed by atoms with Crippen molar-refractivity contribution in [3.05, 3.63) is 48.0 Å². The van der Waals surface area contributed by atoms with E-state index in [-0.39, 0.29) is 5.91 Å². The number of para-hydroxylation sites is 1. The number of carbonyl (C=O) groups is 1. The third-order valence-corrected chi connectivity index (χ3v) is 4.65. The van der Waals surface area contributed by atoms with Crippen molar-refractivity contribution in [3.8, 4) is 0 Å². The van der Waals surface area contributed by atoms with Crippen molar-refractivity contribution in [2.24, 2.45) is 13.0 Å². The van der Waals surface area contributed by atoms with Gasteiger partial charge in [-0.1, -0.05) is 12.1 Å². The number of hydrogen-bond acceptors (Lipinski definition) is 4. The Bertz CT molecular complexity index is 696. The highest BCUT2D eigenvalue weighted by atomic mass is 16.1. The monoisotopic (exact) mass is 327 g/mol. The van der Waals surface area contributed by atoms with Gasteiger partial charge in [0, 0.05) is 45.3 Å². The molecule has 1 amide bonds. The van der Waals surface area contributed by atoms with Crippen molar-refractivity contribution in [1.82, 2.24) is 19.8 Å². The molecule has 0 bridgehead atoms. The normalized spacial score (nSPS) is 17.8. The number of nitrogens with zero attached hydrogens (tertiary/aromatic N) is 3. The fourth-order valence-corrected chi connectivity index (χ4v) is 3.20. The lowest BCUT2D eigenvalue weighted by atomic mass is 10.1. The van der Waals surface area contributed by atoms with Crippen LogP contribution in [0.5, 0.6) is 0 Å². The summed E-state index contributed by atoms with van der Waals surface area (Å²) in [6.07, 6.45) is 4.92. The number of amides is 1. The number of hydrogen-bond donors (Lipinski definition) is 2. The van der Waals surface area contributed by atoms with Crippen molar-refractivity contribution < 1.29 is 4.79 Å². The molecular weight excluding hydrogens is 302 g/mol. The van der Waals surface area contributed by atoms with Gasteiger partial charge in [-0.25, -0.2) is 4.98 Å². The summed E-state index contributed by atoms with van der Waals surface area (Å²) in [4.78, 5) is 19.2. The quantitative estimate of drug-likeness (QED) is 0.848. The van der Waals surface area contributed by atoms with E-state index < -0.39 is 0 Å². The second kappa shape index (κ2) is 7.49. The predicted molar refractivity (Wildman–Crippen MR) is 94.9 cm³/mol. The highest BCUT2D eigenvalue weighted by molar-refractivity contribution is 5.99. The van der Waals surface area contributed by atoms with E-state index in [1.165, 1.54) is 0 Å². The first-order valence-electron chi connectivity index (χ1n) is 8.41. The van der Waals surface area contributed by atoms with Crippen LogP contribution in [0.15, 0.2) is 36.7 Å². The maximum absolute atomic E-state index is 12.4. The molecule has 1 aliphatic heterocycles. The second-order valence-electron chi connectivity index (χ2n) is 6.35. The zero-order valence-electron chi connectivity index (χ0n) is 14.3. The molecule has 0 radical (unpaired) electrons. The van der Waals surface area contributed by atoms with Crippen LogP contribution in [-0.2, 0) is 13.6 Å². The summed E-state index contributed by atoms with van der Waals surface area (Å²) in [6, 6.07) is 7.58. The minimum Gasteiger partial charge on any atom is -0.387 e. The number of likely N-dealkylation sites (tertiary alicyclic amines) is 1. The topological polar surface area (TPSA) is 62.2 Å². The van der Waals surface area contributed by atoms with Gasteiger partial charge in [0.05, 0.1) is 12.1 Å². The average Bonchev–Trinajstić information content (AvgIpc) is 3.22. The summed E-state index contributed by atoms with van der Waals surface area (Å²) in [7, 11) is 3.86. The van der Waals surface area contributed by atoms with Crippen molar-refractivity contribution in [2.45, 2.75) is 13.0 Å². The molecule has 2 N–H and O–H groups in total. The number of benzene rings is 1. The molecular formula is C18H25N5O. The number of aryl methyl sites for hydroxylation is 1. The van der Waals surface area contributed by atoms with E-state index in [0.29, 0.717) is 18.0 Å². The Balaban J connectivity index is 1.49. The van der Waals surface area contributed by atoms with Crippen molar-refractivity contribution in [2.75, 3.05) is 32.0 Å². The largest absolute Gasteiger partial charge is 0.387 e. The lowest BCUT2D eigenvalue weighted by Crippen LogP contribution is -2.31. The Labute approximate surface area is 142 Å². The molecule has 1 aromatic carbocycles. The fourth-order valence-electron chi connectivity index (χ4n) is 3.20. The first kappa shape index (κ1) is 16.5. The van der Waals surface area contributed by atoms with E-state index >= 15 is 0 Å². The number of carbonyl (C=O) groups excluding carboxylic acids is 1. The van der Waals surface area contributed by atoms with Gasteiger partial charge in [0.2, 0.25) is 0 Å². The van der Waals surface area contributed by atoms with Crippen molar-refractivity contribution in [3.63, 3.8) is 0 Å². The number of anilines is 1. The van der Waals surface area contributed by atoms with Gasteiger partial charge in [0.25, 0.3) is 5.91 Å².